The van der Waals surface area contributed by atoms with Crippen LogP contribution < -0.4 is 5.32 Å². The lowest BCUT2D eigenvalue weighted by atomic mass is 9.81. The number of nitrogens with one attached hydrogen (secondary N) is 1. The fraction of sp³-hybridized carbons (Fsp3) is 0.588. The number of rotatable bonds is 8. The molecule has 0 fully saturated rings. The van der Waals surface area contributed by atoms with E-state index in [1.807, 2.05) is 18.2 Å². The lowest BCUT2D eigenvalue weighted by molar-refractivity contribution is -0.119. The highest BCUT2D eigenvalue weighted by Gasteiger charge is 2.24. The van der Waals surface area contributed by atoms with E-state index in [4.69, 9.17) is 0 Å². The number of hydrogen-bond acceptors (Lipinski definition) is 2. The lowest BCUT2D eigenvalue weighted by Crippen LogP contribution is -2.38. The molecule has 0 aliphatic carbocycles. The average Bonchev–Trinajstić information content (AvgIpc) is 2.35. The van der Waals surface area contributed by atoms with Gasteiger partial charge in [-0.3, -0.25) is 4.79 Å². The van der Waals surface area contributed by atoms with E-state index in [2.05, 4.69) is 38.2 Å². The van der Waals surface area contributed by atoms with Crippen molar-refractivity contribution in [2.24, 2.45) is 5.41 Å². The van der Waals surface area contributed by atoms with Gasteiger partial charge in [-0.1, -0.05) is 57.5 Å². The third kappa shape index (κ3) is 6.02. The summed E-state index contributed by atoms with van der Waals surface area (Å²) in [5, 5.41) is 3.40. The molecule has 106 valence electrons. The van der Waals surface area contributed by atoms with Crippen LogP contribution in [0.2, 0.25) is 0 Å². The first-order valence-corrected chi connectivity index (χ1v) is 7.22. The Balaban J connectivity index is 2.56. The predicted molar refractivity (Wildman–Crippen MR) is 81.1 cm³/mol. The third-order valence-electron chi connectivity index (χ3n) is 3.57. The Labute approximate surface area is 117 Å². The van der Waals surface area contributed by atoms with Gasteiger partial charge in [-0.2, -0.15) is 0 Å². The Morgan fingerprint density at radius 1 is 1.26 bits per heavy atom. The zero-order chi connectivity index (χ0) is 14.3. The quantitative estimate of drug-likeness (QED) is 0.767. The van der Waals surface area contributed by atoms with Gasteiger partial charge in [0, 0.05) is 6.54 Å². The Hall–Kier alpha value is -1.15. The number of benzene rings is 1. The molecule has 1 aromatic rings. The summed E-state index contributed by atoms with van der Waals surface area (Å²) in [6.45, 7) is 9.13. The first-order valence-electron chi connectivity index (χ1n) is 7.22. The number of carbonyl (C=O) groups excluding carboxylic acids is 1. The highest BCUT2D eigenvalue weighted by Crippen LogP contribution is 2.28. The van der Waals surface area contributed by atoms with Crippen molar-refractivity contribution in [3.63, 3.8) is 0 Å². The standard InChI is InChI=1S/C17H27NO/c1-5-11-17(3,4)12-16(14(2)19)18-13-15-9-7-6-8-10-15/h6-10,16,18H,5,11-13H2,1-4H3. The summed E-state index contributed by atoms with van der Waals surface area (Å²) >= 11 is 0. The second-order valence-electron chi connectivity index (χ2n) is 6.15. The van der Waals surface area contributed by atoms with E-state index < -0.39 is 0 Å². The predicted octanol–water partition coefficient (Wildman–Crippen LogP) is 3.95. The highest BCUT2D eigenvalue weighted by atomic mass is 16.1. The molecule has 1 rings (SSSR count). The molecule has 2 nitrogen and oxygen atoms in total. The van der Waals surface area contributed by atoms with E-state index in [1.165, 1.54) is 5.56 Å². The van der Waals surface area contributed by atoms with Crippen molar-refractivity contribution in [1.29, 1.82) is 0 Å². The van der Waals surface area contributed by atoms with E-state index in [-0.39, 0.29) is 17.2 Å². The second kappa shape index (κ2) is 7.44. The van der Waals surface area contributed by atoms with Crippen molar-refractivity contribution in [3.05, 3.63) is 35.9 Å². The molecular weight excluding hydrogens is 234 g/mol. The van der Waals surface area contributed by atoms with Crippen molar-refractivity contribution >= 4 is 5.78 Å². The first kappa shape index (κ1) is 15.9. The van der Waals surface area contributed by atoms with E-state index >= 15 is 0 Å². The van der Waals surface area contributed by atoms with Crippen molar-refractivity contribution in [3.8, 4) is 0 Å². The molecule has 0 aliphatic rings. The summed E-state index contributed by atoms with van der Waals surface area (Å²) in [6.07, 6.45) is 3.23. The Morgan fingerprint density at radius 3 is 2.42 bits per heavy atom. The van der Waals surface area contributed by atoms with Crippen LogP contribution in [0.3, 0.4) is 0 Å². The van der Waals surface area contributed by atoms with Crippen molar-refractivity contribution in [1.82, 2.24) is 5.32 Å². The Bertz CT molecular complexity index is 384. The number of ketones is 1. The van der Waals surface area contributed by atoms with Crippen LogP contribution in [0.5, 0.6) is 0 Å². The minimum Gasteiger partial charge on any atom is -0.303 e. The van der Waals surface area contributed by atoms with Gasteiger partial charge in [0.2, 0.25) is 0 Å². The van der Waals surface area contributed by atoms with Gasteiger partial charge in [-0.05, 0) is 30.7 Å². The van der Waals surface area contributed by atoms with Crippen LogP contribution >= 0.6 is 0 Å². The lowest BCUT2D eigenvalue weighted by Gasteiger charge is -2.29. The van der Waals surface area contributed by atoms with E-state index in [0.29, 0.717) is 0 Å². The smallest absolute Gasteiger partial charge is 0.146 e. The molecule has 0 heterocycles. The van der Waals surface area contributed by atoms with Crippen LogP contribution in [-0.4, -0.2) is 11.8 Å². The third-order valence-corrected chi connectivity index (χ3v) is 3.57. The zero-order valence-electron chi connectivity index (χ0n) is 12.7. The van der Waals surface area contributed by atoms with Crippen molar-refractivity contribution in [2.75, 3.05) is 0 Å². The summed E-state index contributed by atoms with van der Waals surface area (Å²) in [7, 11) is 0. The molecular formula is C17H27NO. The molecule has 19 heavy (non-hydrogen) atoms. The SMILES string of the molecule is CCCC(C)(C)CC(NCc1ccccc1)C(C)=O. The van der Waals surface area contributed by atoms with Crippen LogP contribution in [0.15, 0.2) is 30.3 Å². The molecule has 1 N–H and O–H groups in total. The maximum atomic E-state index is 11.8. The molecule has 0 radical (unpaired) electrons. The van der Waals surface area contributed by atoms with Crippen LogP contribution in [0.4, 0.5) is 0 Å². The maximum absolute atomic E-state index is 11.8. The molecule has 0 spiro atoms. The first-order chi connectivity index (χ1) is 8.94. The molecule has 1 unspecified atom stereocenters. The van der Waals surface area contributed by atoms with Gasteiger partial charge in [0.05, 0.1) is 6.04 Å². The van der Waals surface area contributed by atoms with Gasteiger partial charge in [-0.15, -0.1) is 0 Å². The summed E-state index contributed by atoms with van der Waals surface area (Å²) in [4.78, 5) is 11.8. The maximum Gasteiger partial charge on any atom is 0.146 e. The monoisotopic (exact) mass is 261 g/mol. The van der Waals surface area contributed by atoms with Gasteiger partial charge >= 0.3 is 0 Å². The molecule has 0 saturated carbocycles. The minimum atomic E-state index is -0.0400. The minimum absolute atomic E-state index is 0.0400. The molecule has 1 aromatic carbocycles. The normalized spacial score (nSPS) is 13.3. The Morgan fingerprint density at radius 2 is 1.89 bits per heavy atom. The topological polar surface area (TPSA) is 29.1 Å². The van der Waals surface area contributed by atoms with Crippen LogP contribution in [-0.2, 0) is 11.3 Å². The Kier molecular flexibility index (Phi) is 6.23. The molecule has 0 amide bonds. The van der Waals surface area contributed by atoms with Gasteiger partial charge in [0.25, 0.3) is 0 Å². The molecule has 0 bridgehead atoms. The molecule has 0 aromatic heterocycles. The van der Waals surface area contributed by atoms with Gasteiger partial charge in [0.1, 0.15) is 5.78 Å². The highest BCUT2D eigenvalue weighted by molar-refractivity contribution is 5.81. The summed E-state index contributed by atoms with van der Waals surface area (Å²) in [5.74, 6) is 0.236. The second-order valence-corrected chi connectivity index (χ2v) is 6.15. The number of hydrogen-bond donors (Lipinski definition) is 1. The van der Waals surface area contributed by atoms with Crippen molar-refractivity contribution in [2.45, 2.75) is 59.5 Å². The summed E-state index contributed by atoms with van der Waals surface area (Å²) < 4.78 is 0. The fourth-order valence-corrected chi connectivity index (χ4v) is 2.53. The molecule has 0 aliphatic heterocycles. The zero-order valence-corrected chi connectivity index (χ0v) is 12.7. The van der Waals surface area contributed by atoms with Crippen LogP contribution in [0.1, 0.15) is 52.5 Å². The summed E-state index contributed by atoms with van der Waals surface area (Å²) in [6, 6.07) is 10.2. The molecule has 1 atom stereocenters. The van der Waals surface area contributed by atoms with E-state index in [1.54, 1.807) is 6.92 Å². The summed E-state index contributed by atoms with van der Waals surface area (Å²) in [5.41, 5.74) is 1.44. The molecule has 2 heteroatoms. The average molecular weight is 261 g/mol. The van der Waals surface area contributed by atoms with Gasteiger partial charge in [-0.25, -0.2) is 0 Å². The van der Waals surface area contributed by atoms with Crippen molar-refractivity contribution < 1.29 is 4.79 Å². The largest absolute Gasteiger partial charge is 0.303 e. The molecule has 0 saturated heterocycles. The number of carbonyl (C=O) groups is 1. The van der Waals surface area contributed by atoms with Gasteiger partial charge in [0.15, 0.2) is 0 Å². The fourth-order valence-electron chi connectivity index (χ4n) is 2.53. The van der Waals surface area contributed by atoms with Gasteiger partial charge < -0.3 is 5.32 Å². The van der Waals surface area contributed by atoms with E-state index in [9.17, 15) is 4.79 Å². The number of Topliss-reactive ketones (excluding diaryl/α,β-unsaturated/α-hetero) is 1. The van der Waals surface area contributed by atoms with Crippen LogP contribution in [0, 0.1) is 5.41 Å². The van der Waals surface area contributed by atoms with Crippen LogP contribution in [0.25, 0.3) is 0 Å². The van der Waals surface area contributed by atoms with E-state index in [0.717, 1.165) is 25.8 Å².